The summed E-state index contributed by atoms with van der Waals surface area (Å²) in [5.41, 5.74) is 5.24. The van der Waals surface area contributed by atoms with Crippen LogP contribution >= 0.6 is 0 Å². The molecule has 1 N–H and O–H groups in total. The van der Waals surface area contributed by atoms with Gasteiger partial charge in [-0.2, -0.15) is 0 Å². The van der Waals surface area contributed by atoms with E-state index >= 15 is 0 Å². The lowest BCUT2D eigenvalue weighted by Crippen LogP contribution is -2.47. The molecule has 5 rings (SSSR count). The summed E-state index contributed by atoms with van der Waals surface area (Å²) in [5.74, 6) is 1.01. The number of nitrogens with one attached hydrogen (secondary N) is 1. The number of benzene rings is 2. The number of aromatic nitrogens is 1. The maximum Gasteiger partial charge on any atom is 0.129 e. The zero-order chi connectivity index (χ0) is 18.8. The van der Waals surface area contributed by atoms with Gasteiger partial charge in [-0.25, -0.2) is 0 Å². The summed E-state index contributed by atoms with van der Waals surface area (Å²) in [5, 5.41) is 1.37. The van der Waals surface area contributed by atoms with E-state index in [4.69, 9.17) is 4.74 Å². The summed E-state index contributed by atoms with van der Waals surface area (Å²) in [4.78, 5) is 8.50. The molecular formula is C24H27N3O. The maximum absolute atomic E-state index is 5.77. The number of ether oxygens (including phenoxy) is 1. The van der Waals surface area contributed by atoms with Crippen LogP contribution in [0.15, 0.2) is 54.7 Å². The summed E-state index contributed by atoms with van der Waals surface area (Å²) >= 11 is 0. The summed E-state index contributed by atoms with van der Waals surface area (Å²) in [6.45, 7) is 6.27. The standard InChI is InChI=1S/C24H27N3O/c1-2-9-22-20(7-1)19(18-25-22)6-4-12-26-13-15-27(16-14-26)23-10-3-11-24-21(23)8-5-17-28-24/h1-3,5,7-11,18,25H,4,6,12-17H2. The number of H-pyrrole nitrogens is 1. The van der Waals surface area contributed by atoms with E-state index in [1.807, 2.05) is 0 Å². The van der Waals surface area contributed by atoms with Gasteiger partial charge in [0.25, 0.3) is 0 Å². The Hall–Kier alpha value is -2.72. The Kier molecular flexibility index (Phi) is 4.79. The zero-order valence-corrected chi connectivity index (χ0v) is 16.2. The maximum atomic E-state index is 5.77. The second-order valence-corrected chi connectivity index (χ2v) is 7.69. The van der Waals surface area contributed by atoms with Crippen LogP contribution in [0.5, 0.6) is 5.75 Å². The van der Waals surface area contributed by atoms with Gasteiger partial charge in [0.1, 0.15) is 12.4 Å². The molecule has 0 amide bonds. The molecule has 1 saturated heterocycles. The summed E-state index contributed by atoms with van der Waals surface area (Å²) in [7, 11) is 0. The van der Waals surface area contributed by atoms with Crippen LogP contribution in [0.1, 0.15) is 17.5 Å². The zero-order valence-electron chi connectivity index (χ0n) is 16.2. The molecule has 2 aliphatic rings. The second-order valence-electron chi connectivity index (χ2n) is 7.69. The number of hydrogen-bond acceptors (Lipinski definition) is 3. The van der Waals surface area contributed by atoms with Crippen molar-refractivity contribution in [3.05, 3.63) is 65.9 Å². The molecule has 0 spiro atoms. The van der Waals surface area contributed by atoms with Crippen molar-refractivity contribution in [3.8, 4) is 5.75 Å². The fraction of sp³-hybridized carbons (Fsp3) is 0.333. The fourth-order valence-corrected chi connectivity index (χ4v) is 4.45. The van der Waals surface area contributed by atoms with Crippen molar-refractivity contribution in [3.63, 3.8) is 0 Å². The third-order valence-electron chi connectivity index (χ3n) is 5.97. The second kappa shape index (κ2) is 7.72. The highest BCUT2D eigenvalue weighted by Gasteiger charge is 2.20. The van der Waals surface area contributed by atoms with E-state index in [-0.39, 0.29) is 0 Å². The number of fused-ring (bicyclic) bond motifs is 2. The van der Waals surface area contributed by atoms with Crippen LogP contribution in [-0.2, 0) is 6.42 Å². The predicted molar refractivity (Wildman–Crippen MR) is 116 cm³/mol. The number of nitrogens with zero attached hydrogens (tertiary/aromatic N) is 2. The minimum Gasteiger partial charge on any atom is -0.489 e. The molecular weight excluding hydrogens is 346 g/mol. The van der Waals surface area contributed by atoms with Crippen molar-refractivity contribution in [1.82, 2.24) is 9.88 Å². The van der Waals surface area contributed by atoms with E-state index in [2.05, 4.69) is 75.6 Å². The highest BCUT2D eigenvalue weighted by Crippen LogP contribution is 2.33. The SMILES string of the molecule is C1=Cc2c(cccc2N2CCN(CCCc3c[nH]c4ccccc34)CC2)OC1. The van der Waals surface area contributed by atoms with Crippen LogP contribution in [0.25, 0.3) is 17.0 Å². The molecule has 4 nitrogen and oxygen atoms in total. The molecule has 0 radical (unpaired) electrons. The van der Waals surface area contributed by atoms with Crippen LogP contribution in [0, 0.1) is 0 Å². The molecule has 0 saturated carbocycles. The minimum atomic E-state index is 0.681. The van der Waals surface area contributed by atoms with Crippen molar-refractivity contribution in [2.45, 2.75) is 12.8 Å². The van der Waals surface area contributed by atoms with Crippen molar-refractivity contribution >= 4 is 22.7 Å². The fourth-order valence-electron chi connectivity index (χ4n) is 4.45. The van der Waals surface area contributed by atoms with Crippen molar-refractivity contribution < 1.29 is 4.74 Å². The van der Waals surface area contributed by atoms with Gasteiger partial charge in [-0.1, -0.05) is 24.3 Å². The molecule has 1 aromatic heterocycles. The molecule has 3 heterocycles. The van der Waals surface area contributed by atoms with Crippen LogP contribution < -0.4 is 9.64 Å². The van der Waals surface area contributed by atoms with E-state index in [0.717, 1.165) is 38.3 Å². The molecule has 3 aromatic rings. The Morgan fingerprint density at radius 3 is 2.79 bits per heavy atom. The first-order valence-electron chi connectivity index (χ1n) is 10.3. The molecule has 0 bridgehead atoms. The van der Waals surface area contributed by atoms with Crippen LogP contribution in [-0.4, -0.2) is 49.2 Å². The smallest absolute Gasteiger partial charge is 0.129 e. The molecule has 2 aliphatic heterocycles. The number of hydrogen-bond donors (Lipinski definition) is 1. The first kappa shape index (κ1) is 17.4. The molecule has 0 atom stereocenters. The highest BCUT2D eigenvalue weighted by molar-refractivity contribution is 5.83. The van der Waals surface area contributed by atoms with Gasteiger partial charge >= 0.3 is 0 Å². The van der Waals surface area contributed by atoms with Gasteiger partial charge in [0, 0.05) is 54.5 Å². The van der Waals surface area contributed by atoms with E-state index in [9.17, 15) is 0 Å². The van der Waals surface area contributed by atoms with Gasteiger partial charge in [0.05, 0.1) is 0 Å². The van der Waals surface area contributed by atoms with E-state index in [1.54, 1.807) is 0 Å². The Balaban J connectivity index is 1.16. The third kappa shape index (κ3) is 3.40. The van der Waals surface area contributed by atoms with Gasteiger partial charge in [0.15, 0.2) is 0 Å². The minimum absolute atomic E-state index is 0.681. The Bertz CT molecular complexity index is 982. The molecule has 0 unspecified atom stereocenters. The molecule has 28 heavy (non-hydrogen) atoms. The van der Waals surface area contributed by atoms with Crippen LogP contribution in [0.2, 0.25) is 0 Å². The van der Waals surface area contributed by atoms with Crippen molar-refractivity contribution in [2.75, 3.05) is 44.2 Å². The Morgan fingerprint density at radius 1 is 0.964 bits per heavy atom. The van der Waals surface area contributed by atoms with Crippen LogP contribution in [0.3, 0.4) is 0 Å². The molecule has 4 heteroatoms. The first-order valence-corrected chi connectivity index (χ1v) is 10.3. The summed E-state index contributed by atoms with van der Waals surface area (Å²) in [6.07, 6.45) is 8.84. The van der Waals surface area contributed by atoms with E-state index < -0.39 is 0 Å². The molecule has 144 valence electrons. The van der Waals surface area contributed by atoms with Gasteiger partial charge < -0.3 is 14.6 Å². The predicted octanol–water partition coefficient (Wildman–Crippen LogP) is 4.33. The number of para-hydroxylation sites is 1. The number of aryl methyl sites for hydroxylation is 1. The Labute approximate surface area is 166 Å². The number of piperazine rings is 1. The van der Waals surface area contributed by atoms with Crippen molar-refractivity contribution in [2.24, 2.45) is 0 Å². The van der Waals surface area contributed by atoms with E-state index in [0.29, 0.717) is 6.61 Å². The first-order chi connectivity index (χ1) is 13.9. The summed E-state index contributed by atoms with van der Waals surface area (Å²) in [6, 6.07) is 15.0. The molecule has 0 aliphatic carbocycles. The number of anilines is 1. The van der Waals surface area contributed by atoms with Crippen LogP contribution in [0.4, 0.5) is 5.69 Å². The lowest BCUT2D eigenvalue weighted by molar-refractivity contribution is 0.255. The summed E-state index contributed by atoms with van der Waals surface area (Å²) < 4.78 is 5.77. The number of aromatic amines is 1. The van der Waals surface area contributed by atoms with Gasteiger partial charge in [0.2, 0.25) is 0 Å². The molecule has 2 aromatic carbocycles. The largest absolute Gasteiger partial charge is 0.489 e. The topological polar surface area (TPSA) is 31.5 Å². The van der Waals surface area contributed by atoms with Gasteiger partial charge in [-0.15, -0.1) is 0 Å². The monoisotopic (exact) mass is 373 g/mol. The molecule has 1 fully saturated rings. The lowest BCUT2D eigenvalue weighted by atomic mass is 10.1. The highest BCUT2D eigenvalue weighted by atomic mass is 16.5. The number of rotatable bonds is 5. The Morgan fingerprint density at radius 2 is 1.86 bits per heavy atom. The van der Waals surface area contributed by atoms with Gasteiger partial charge in [-0.3, -0.25) is 4.90 Å². The van der Waals surface area contributed by atoms with Crippen molar-refractivity contribution in [1.29, 1.82) is 0 Å². The normalized spacial score (nSPS) is 16.9. The average Bonchev–Trinajstić information content (AvgIpc) is 3.17. The lowest BCUT2D eigenvalue weighted by Gasteiger charge is -2.37. The third-order valence-corrected chi connectivity index (χ3v) is 5.97. The van der Waals surface area contributed by atoms with Gasteiger partial charge in [-0.05, 0) is 55.3 Å². The van der Waals surface area contributed by atoms with E-state index in [1.165, 1.54) is 40.7 Å². The quantitative estimate of drug-likeness (QED) is 0.722. The average molecular weight is 374 g/mol.